The summed E-state index contributed by atoms with van der Waals surface area (Å²) in [6.07, 6.45) is 1.97. The maximum absolute atomic E-state index is 12.9. The Labute approximate surface area is 184 Å². The van der Waals surface area contributed by atoms with E-state index in [0.717, 1.165) is 22.2 Å². The van der Waals surface area contributed by atoms with Crippen LogP contribution < -0.4 is 4.74 Å². The number of ether oxygens (including phenoxy) is 2. The van der Waals surface area contributed by atoms with Gasteiger partial charge in [-0.2, -0.15) is 0 Å². The van der Waals surface area contributed by atoms with E-state index in [1.54, 1.807) is 49.4 Å². The van der Waals surface area contributed by atoms with Crippen molar-refractivity contribution in [2.45, 2.75) is 33.0 Å². The van der Waals surface area contributed by atoms with Crippen LogP contribution in [0.15, 0.2) is 53.4 Å². The van der Waals surface area contributed by atoms with Gasteiger partial charge in [-0.25, -0.2) is 4.39 Å². The summed E-state index contributed by atoms with van der Waals surface area (Å²) in [4.78, 5) is 37.7. The summed E-state index contributed by atoms with van der Waals surface area (Å²) in [5.41, 5.74) is 1.55. The predicted molar refractivity (Wildman–Crippen MR) is 116 cm³/mol. The van der Waals surface area contributed by atoms with Crippen LogP contribution in [0, 0.1) is 5.82 Å². The minimum atomic E-state index is -0.611. The third kappa shape index (κ3) is 6.18. The molecular weight excluding hydrogens is 421 g/mol. The molecule has 2 aromatic carbocycles. The molecule has 0 aromatic heterocycles. The van der Waals surface area contributed by atoms with Gasteiger partial charge in [-0.1, -0.05) is 31.2 Å². The molecule has 1 aliphatic rings. The number of thioether (sulfide) groups is 1. The van der Waals surface area contributed by atoms with Crippen molar-refractivity contribution in [3.05, 3.63) is 70.4 Å². The van der Waals surface area contributed by atoms with E-state index in [2.05, 4.69) is 0 Å². The van der Waals surface area contributed by atoms with Crippen LogP contribution in [0.4, 0.5) is 9.18 Å². The number of carbonyl (C=O) groups is 3. The molecule has 1 saturated heterocycles. The smallest absolute Gasteiger partial charge is 0.326 e. The van der Waals surface area contributed by atoms with Crippen molar-refractivity contribution in [3.63, 3.8) is 0 Å². The minimum Gasteiger partial charge on any atom is -0.489 e. The number of imide groups is 1. The Hall–Kier alpha value is -3.13. The number of carbonyl (C=O) groups excluding carboxylic acids is 3. The first-order valence-corrected chi connectivity index (χ1v) is 10.6. The monoisotopic (exact) mass is 443 g/mol. The van der Waals surface area contributed by atoms with Gasteiger partial charge in [-0.05, 0) is 66.6 Å². The van der Waals surface area contributed by atoms with Crippen LogP contribution in [0.5, 0.6) is 5.75 Å². The normalized spacial score (nSPS) is 16.0. The van der Waals surface area contributed by atoms with Gasteiger partial charge in [-0.3, -0.25) is 19.3 Å². The summed E-state index contributed by atoms with van der Waals surface area (Å²) in [5.74, 6) is -0.819. The first-order chi connectivity index (χ1) is 14.9. The Kier molecular flexibility index (Phi) is 7.46. The van der Waals surface area contributed by atoms with Crippen molar-refractivity contribution in [1.29, 1.82) is 0 Å². The van der Waals surface area contributed by atoms with Crippen LogP contribution in [0.25, 0.3) is 6.08 Å². The molecule has 1 aliphatic heterocycles. The first kappa shape index (κ1) is 22.6. The van der Waals surface area contributed by atoms with Gasteiger partial charge in [-0.15, -0.1) is 0 Å². The molecule has 0 saturated carbocycles. The van der Waals surface area contributed by atoms with E-state index >= 15 is 0 Å². The number of rotatable bonds is 8. The predicted octanol–water partition coefficient (Wildman–Crippen LogP) is 4.78. The standard InChI is InChI=1S/C23H22FNO5S/c1-3-15(2)30-21(26)13-25-22(27)20(31-23(25)28)12-16-6-10-19(11-7-16)29-14-17-4-8-18(24)9-5-17/h4-12,15H,3,13-14H2,1-2H3/b20-12-/t15-/m0/s1. The summed E-state index contributed by atoms with van der Waals surface area (Å²) < 4.78 is 23.8. The second-order valence-corrected chi connectivity index (χ2v) is 7.95. The fourth-order valence-corrected chi connectivity index (χ4v) is 3.51. The Morgan fingerprint density at radius 3 is 2.45 bits per heavy atom. The Morgan fingerprint density at radius 2 is 1.81 bits per heavy atom. The Bertz CT molecular complexity index is 988. The third-order valence-corrected chi connectivity index (χ3v) is 5.47. The Balaban J connectivity index is 1.59. The highest BCUT2D eigenvalue weighted by atomic mass is 32.2. The largest absolute Gasteiger partial charge is 0.489 e. The second kappa shape index (κ2) is 10.3. The molecule has 0 N–H and O–H groups in total. The quantitative estimate of drug-likeness (QED) is 0.432. The van der Waals surface area contributed by atoms with Crippen LogP contribution in [-0.2, 0) is 20.9 Å². The van der Waals surface area contributed by atoms with Gasteiger partial charge in [0.25, 0.3) is 11.1 Å². The summed E-state index contributed by atoms with van der Waals surface area (Å²) in [6.45, 7) is 3.52. The van der Waals surface area contributed by atoms with Gasteiger partial charge >= 0.3 is 5.97 Å². The number of halogens is 1. The highest BCUT2D eigenvalue weighted by Crippen LogP contribution is 2.32. The van der Waals surface area contributed by atoms with Crippen molar-refractivity contribution in [3.8, 4) is 5.75 Å². The summed E-state index contributed by atoms with van der Waals surface area (Å²) in [7, 11) is 0. The first-order valence-electron chi connectivity index (χ1n) is 9.78. The molecule has 1 fully saturated rings. The highest BCUT2D eigenvalue weighted by Gasteiger charge is 2.36. The number of esters is 1. The zero-order valence-corrected chi connectivity index (χ0v) is 18.0. The van der Waals surface area contributed by atoms with Crippen LogP contribution in [0.1, 0.15) is 31.4 Å². The molecule has 2 aromatic rings. The molecule has 162 valence electrons. The molecule has 3 rings (SSSR count). The van der Waals surface area contributed by atoms with E-state index in [0.29, 0.717) is 24.3 Å². The molecule has 31 heavy (non-hydrogen) atoms. The van der Waals surface area contributed by atoms with Crippen molar-refractivity contribution in [2.75, 3.05) is 6.54 Å². The molecule has 6 nitrogen and oxygen atoms in total. The van der Waals surface area contributed by atoms with Gasteiger partial charge < -0.3 is 9.47 Å². The van der Waals surface area contributed by atoms with Crippen LogP contribution >= 0.6 is 11.8 Å². The van der Waals surface area contributed by atoms with Gasteiger partial charge in [0.05, 0.1) is 11.0 Å². The van der Waals surface area contributed by atoms with Crippen molar-refractivity contribution in [1.82, 2.24) is 4.90 Å². The molecule has 1 atom stereocenters. The lowest BCUT2D eigenvalue weighted by Crippen LogP contribution is -2.35. The van der Waals surface area contributed by atoms with E-state index in [9.17, 15) is 18.8 Å². The third-order valence-electron chi connectivity index (χ3n) is 4.56. The molecule has 2 amide bonds. The van der Waals surface area contributed by atoms with Crippen molar-refractivity contribution < 1.29 is 28.2 Å². The van der Waals surface area contributed by atoms with Crippen molar-refractivity contribution >= 4 is 35.0 Å². The molecule has 0 radical (unpaired) electrons. The average Bonchev–Trinajstić information content (AvgIpc) is 3.01. The summed E-state index contributed by atoms with van der Waals surface area (Å²) in [5, 5.41) is -0.503. The fraction of sp³-hybridized carbons (Fsp3) is 0.261. The number of nitrogens with zero attached hydrogens (tertiary/aromatic N) is 1. The minimum absolute atomic E-state index is 0.237. The number of hydrogen-bond donors (Lipinski definition) is 0. The van der Waals surface area contributed by atoms with Gasteiger partial charge in [0, 0.05) is 0 Å². The zero-order chi connectivity index (χ0) is 22.4. The maximum atomic E-state index is 12.9. The molecule has 8 heteroatoms. The number of hydrogen-bond acceptors (Lipinski definition) is 6. The average molecular weight is 443 g/mol. The SMILES string of the molecule is CC[C@H](C)OC(=O)CN1C(=O)S/C(=C\c2ccc(OCc3ccc(F)cc3)cc2)C1=O. The van der Waals surface area contributed by atoms with E-state index in [-0.39, 0.29) is 16.8 Å². The van der Waals surface area contributed by atoms with Crippen LogP contribution in [-0.4, -0.2) is 34.7 Å². The maximum Gasteiger partial charge on any atom is 0.326 e. The summed E-state index contributed by atoms with van der Waals surface area (Å²) in [6, 6.07) is 13.0. The van der Waals surface area contributed by atoms with E-state index in [1.165, 1.54) is 12.1 Å². The van der Waals surface area contributed by atoms with Crippen LogP contribution in [0.2, 0.25) is 0 Å². The molecule has 0 unspecified atom stereocenters. The molecule has 0 bridgehead atoms. The zero-order valence-electron chi connectivity index (χ0n) is 17.2. The molecule has 0 aliphatic carbocycles. The number of benzene rings is 2. The summed E-state index contributed by atoms with van der Waals surface area (Å²) >= 11 is 0.785. The lowest BCUT2D eigenvalue weighted by molar-refractivity contribution is -0.150. The van der Waals surface area contributed by atoms with E-state index < -0.39 is 23.7 Å². The van der Waals surface area contributed by atoms with Gasteiger partial charge in [0.2, 0.25) is 0 Å². The second-order valence-electron chi connectivity index (χ2n) is 6.96. The lowest BCUT2D eigenvalue weighted by atomic mass is 10.2. The van der Waals surface area contributed by atoms with Gasteiger partial charge in [0.15, 0.2) is 0 Å². The topological polar surface area (TPSA) is 72.9 Å². The van der Waals surface area contributed by atoms with Crippen LogP contribution in [0.3, 0.4) is 0 Å². The van der Waals surface area contributed by atoms with Crippen molar-refractivity contribution in [2.24, 2.45) is 0 Å². The molecular formula is C23H22FNO5S. The van der Waals surface area contributed by atoms with Gasteiger partial charge in [0.1, 0.15) is 24.7 Å². The van der Waals surface area contributed by atoms with E-state index in [4.69, 9.17) is 9.47 Å². The fourth-order valence-electron chi connectivity index (χ4n) is 2.67. The molecule has 0 spiro atoms. The number of amides is 2. The molecule has 1 heterocycles. The highest BCUT2D eigenvalue weighted by molar-refractivity contribution is 8.18. The lowest BCUT2D eigenvalue weighted by Gasteiger charge is -2.14. The van der Waals surface area contributed by atoms with E-state index in [1.807, 2.05) is 6.92 Å². The Morgan fingerprint density at radius 1 is 1.13 bits per heavy atom.